The number of H-pyrrole nitrogens is 1. The molecule has 1 aromatic heterocycles. The number of imidazole rings is 1. The van der Waals surface area contributed by atoms with E-state index in [1.165, 1.54) is 0 Å². The smallest absolute Gasteiger partial charge is 0.238 e. The zero-order valence-electron chi connectivity index (χ0n) is 14.3. The number of aromatic amines is 1. The minimum absolute atomic E-state index is 0. The van der Waals surface area contributed by atoms with Crippen molar-refractivity contribution < 1.29 is 9.53 Å². The lowest BCUT2D eigenvalue weighted by Crippen LogP contribution is -2.41. The number of carbonyl (C=O) groups is 1. The summed E-state index contributed by atoms with van der Waals surface area (Å²) in [5.74, 6) is 0.730. The van der Waals surface area contributed by atoms with Crippen LogP contribution in [-0.2, 0) is 9.53 Å². The van der Waals surface area contributed by atoms with Crippen molar-refractivity contribution in [2.24, 2.45) is 0 Å². The molecule has 0 saturated carbocycles. The molecule has 2 aromatic carbocycles. The molecule has 26 heavy (non-hydrogen) atoms. The van der Waals surface area contributed by atoms with E-state index in [-0.39, 0.29) is 18.3 Å². The van der Waals surface area contributed by atoms with E-state index in [9.17, 15) is 4.79 Å². The molecular formula is C19H21ClN4O2. The summed E-state index contributed by atoms with van der Waals surface area (Å²) in [4.78, 5) is 22.5. The number of hydrogen-bond donors (Lipinski definition) is 2. The summed E-state index contributed by atoms with van der Waals surface area (Å²) in [6, 6.07) is 15.6. The zero-order valence-corrected chi connectivity index (χ0v) is 15.1. The molecule has 0 unspecified atom stereocenters. The molecule has 1 fully saturated rings. The number of morpholine rings is 1. The van der Waals surface area contributed by atoms with Gasteiger partial charge in [-0.05, 0) is 24.3 Å². The highest BCUT2D eigenvalue weighted by atomic mass is 35.5. The van der Waals surface area contributed by atoms with Gasteiger partial charge in [-0.3, -0.25) is 9.69 Å². The Kier molecular flexibility index (Phi) is 5.88. The number of halogens is 1. The molecule has 0 radical (unpaired) electrons. The molecular weight excluding hydrogens is 352 g/mol. The molecule has 0 spiro atoms. The van der Waals surface area contributed by atoms with Gasteiger partial charge in [0.25, 0.3) is 0 Å². The number of nitrogens with one attached hydrogen (secondary N) is 2. The fraction of sp³-hybridized carbons (Fsp3) is 0.263. The second-order valence-electron chi connectivity index (χ2n) is 6.08. The summed E-state index contributed by atoms with van der Waals surface area (Å²) < 4.78 is 5.32. The predicted molar refractivity (Wildman–Crippen MR) is 105 cm³/mol. The van der Waals surface area contributed by atoms with Gasteiger partial charge in [0.15, 0.2) is 0 Å². The Morgan fingerprint density at radius 3 is 2.65 bits per heavy atom. The number of para-hydroxylation sites is 3. The van der Waals surface area contributed by atoms with Crippen LogP contribution in [0.3, 0.4) is 0 Å². The number of benzene rings is 2. The van der Waals surface area contributed by atoms with Gasteiger partial charge in [-0.15, -0.1) is 12.4 Å². The van der Waals surface area contributed by atoms with Crippen LogP contribution in [0.2, 0.25) is 0 Å². The highest BCUT2D eigenvalue weighted by Gasteiger charge is 2.16. The second kappa shape index (κ2) is 8.31. The molecule has 2 heterocycles. The van der Waals surface area contributed by atoms with E-state index >= 15 is 0 Å². The van der Waals surface area contributed by atoms with Crippen molar-refractivity contribution in [2.75, 3.05) is 38.2 Å². The van der Waals surface area contributed by atoms with Gasteiger partial charge in [0.05, 0.1) is 36.5 Å². The highest BCUT2D eigenvalue weighted by molar-refractivity contribution is 5.96. The first kappa shape index (κ1) is 18.4. The number of carbonyl (C=O) groups excluding carboxylic acids is 1. The van der Waals surface area contributed by atoms with E-state index in [1.807, 2.05) is 48.5 Å². The normalized spacial score (nSPS) is 14.8. The molecule has 4 rings (SSSR count). The molecule has 3 aromatic rings. The average Bonchev–Trinajstić information content (AvgIpc) is 3.07. The van der Waals surface area contributed by atoms with Crippen molar-refractivity contribution >= 4 is 35.0 Å². The molecule has 6 nitrogen and oxygen atoms in total. The Morgan fingerprint density at radius 1 is 1.12 bits per heavy atom. The van der Waals surface area contributed by atoms with Crippen molar-refractivity contribution in [3.05, 3.63) is 48.5 Å². The van der Waals surface area contributed by atoms with Gasteiger partial charge in [-0.2, -0.15) is 0 Å². The number of anilines is 1. The molecule has 136 valence electrons. The average molecular weight is 373 g/mol. The van der Waals surface area contributed by atoms with Gasteiger partial charge < -0.3 is 15.0 Å². The van der Waals surface area contributed by atoms with Crippen LogP contribution in [-0.4, -0.2) is 53.6 Å². The maximum absolute atomic E-state index is 12.4. The first-order chi connectivity index (χ1) is 12.3. The van der Waals surface area contributed by atoms with E-state index in [2.05, 4.69) is 20.2 Å². The molecule has 1 aliphatic heterocycles. The second-order valence-corrected chi connectivity index (χ2v) is 6.08. The van der Waals surface area contributed by atoms with Crippen molar-refractivity contribution in [2.45, 2.75) is 0 Å². The van der Waals surface area contributed by atoms with Gasteiger partial charge in [-0.1, -0.05) is 24.3 Å². The Morgan fingerprint density at radius 2 is 1.85 bits per heavy atom. The number of nitrogens with zero attached hydrogens (tertiary/aromatic N) is 2. The molecule has 7 heteroatoms. The number of amides is 1. The van der Waals surface area contributed by atoms with Gasteiger partial charge in [0.1, 0.15) is 5.82 Å². The monoisotopic (exact) mass is 372 g/mol. The van der Waals surface area contributed by atoms with Crippen molar-refractivity contribution in [1.29, 1.82) is 0 Å². The number of aromatic nitrogens is 2. The van der Waals surface area contributed by atoms with Gasteiger partial charge in [0, 0.05) is 18.7 Å². The van der Waals surface area contributed by atoms with Crippen LogP contribution in [0.5, 0.6) is 0 Å². The fourth-order valence-electron chi connectivity index (χ4n) is 3.03. The van der Waals surface area contributed by atoms with Crippen LogP contribution < -0.4 is 5.32 Å². The quantitative estimate of drug-likeness (QED) is 0.738. The summed E-state index contributed by atoms with van der Waals surface area (Å²) in [6.07, 6.45) is 0. The zero-order chi connectivity index (χ0) is 17.1. The third-order valence-electron chi connectivity index (χ3n) is 4.32. The number of fused-ring (bicyclic) bond motifs is 1. The van der Waals surface area contributed by atoms with Gasteiger partial charge in [0.2, 0.25) is 5.91 Å². The lowest BCUT2D eigenvalue weighted by Gasteiger charge is -2.25. The molecule has 0 bridgehead atoms. The van der Waals surface area contributed by atoms with E-state index in [0.717, 1.165) is 41.2 Å². The lowest BCUT2D eigenvalue weighted by molar-refractivity contribution is -0.118. The third-order valence-corrected chi connectivity index (χ3v) is 4.32. The SMILES string of the molecule is Cl.O=C(CN1CCOCC1)Nc1ccccc1-c1nc2ccccc2[nH]1. The minimum Gasteiger partial charge on any atom is -0.379 e. The Labute approximate surface area is 158 Å². The minimum atomic E-state index is -0.0227. The van der Waals surface area contributed by atoms with Crippen molar-refractivity contribution in [3.8, 4) is 11.4 Å². The largest absolute Gasteiger partial charge is 0.379 e. The van der Waals surface area contributed by atoms with Crippen LogP contribution in [0, 0.1) is 0 Å². The van der Waals surface area contributed by atoms with E-state index in [4.69, 9.17) is 4.74 Å². The van der Waals surface area contributed by atoms with Crippen LogP contribution in [0.25, 0.3) is 22.4 Å². The van der Waals surface area contributed by atoms with Crippen LogP contribution in [0.4, 0.5) is 5.69 Å². The summed E-state index contributed by atoms with van der Waals surface area (Å²) >= 11 is 0. The van der Waals surface area contributed by atoms with Crippen LogP contribution in [0.1, 0.15) is 0 Å². The number of hydrogen-bond acceptors (Lipinski definition) is 4. The fourth-order valence-corrected chi connectivity index (χ4v) is 3.03. The Bertz CT molecular complexity index is 857. The molecule has 1 aliphatic rings. The standard InChI is InChI=1S/C19H20N4O2.ClH/c24-18(13-23-9-11-25-12-10-23)20-15-6-2-1-5-14(15)19-21-16-7-3-4-8-17(16)22-19;/h1-8H,9-13H2,(H,20,24)(H,21,22);1H. The summed E-state index contributed by atoms with van der Waals surface area (Å²) in [5, 5.41) is 3.02. The maximum atomic E-state index is 12.4. The third kappa shape index (κ3) is 4.04. The molecule has 1 amide bonds. The first-order valence-electron chi connectivity index (χ1n) is 8.44. The topological polar surface area (TPSA) is 70.2 Å². The van der Waals surface area contributed by atoms with Crippen molar-refractivity contribution in [1.82, 2.24) is 14.9 Å². The van der Waals surface area contributed by atoms with Gasteiger partial charge in [-0.25, -0.2) is 4.98 Å². The molecule has 0 aliphatic carbocycles. The number of ether oxygens (including phenoxy) is 1. The molecule has 2 N–H and O–H groups in total. The highest BCUT2D eigenvalue weighted by Crippen LogP contribution is 2.27. The summed E-state index contributed by atoms with van der Waals surface area (Å²) in [7, 11) is 0. The molecule has 0 atom stereocenters. The van der Waals surface area contributed by atoms with Crippen LogP contribution in [0.15, 0.2) is 48.5 Å². The van der Waals surface area contributed by atoms with E-state index in [0.29, 0.717) is 19.8 Å². The maximum Gasteiger partial charge on any atom is 0.238 e. The Hall–Kier alpha value is -2.41. The van der Waals surface area contributed by atoms with E-state index in [1.54, 1.807) is 0 Å². The Balaban J connectivity index is 0.00000196. The predicted octanol–water partition coefficient (Wildman–Crippen LogP) is 2.92. The summed E-state index contributed by atoms with van der Waals surface area (Å²) in [6.45, 7) is 3.32. The number of rotatable bonds is 4. The van der Waals surface area contributed by atoms with E-state index < -0.39 is 0 Å². The van der Waals surface area contributed by atoms with Crippen molar-refractivity contribution in [3.63, 3.8) is 0 Å². The summed E-state index contributed by atoms with van der Waals surface area (Å²) in [5.41, 5.74) is 3.53. The lowest BCUT2D eigenvalue weighted by atomic mass is 10.1. The molecule has 1 saturated heterocycles. The van der Waals surface area contributed by atoms with Crippen LogP contribution >= 0.6 is 12.4 Å². The van der Waals surface area contributed by atoms with Gasteiger partial charge >= 0.3 is 0 Å². The first-order valence-corrected chi connectivity index (χ1v) is 8.44.